The molecule has 2 heterocycles. The molecule has 3 rings (SSSR count). The Morgan fingerprint density at radius 3 is 2.80 bits per heavy atom. The molecule has 108 valence electrons. The Hall–Kier alpha value is -1.59. The summed E-state index contributed by atoms with van der Waals surface area (Å²) in [5.41, 5.74) is 0.938. The summed E-state index contributed by atoms with van der Waals surface area (Å²) in [6.45, 7) is 5.84. The monoisotopic (exact) mass is 277 g/mol. The van der Waals surface area contributed by atoms with Gasteiger partial charge in [0.25, 0.3) is 0 Å². The van der Waals surface area contributed by atoms with Gasteiger partial charge in [0.05, 0.1) is 25.9 Å². The number of fused-ring (bicyclic) bond motifs is 1. The smallest absolute Gasteiger partial charge is 0.339 e. The summed E-state index contributed by atoms with van der Waals surface area (Å²) in [5.74, 6) is 0.494. The van der Waals surface area contributed by atoms with E-state index in [4.69, 9.17) is 14.2 Å². The minimum atomic E-state index is -0.613. The lowest BCUT2D eigenvalue weighted by molar-refractivity contribution is -0.0375. The minimum absolute atomic E-state index is 0.251. The van der Waals surface area contributed by atoms with Crippen molar-refractivity contribution in [3.8, 4) is 5.75 Å². The molecule has 2 aliphatic heterocycles. The number of nitrogens with zero attached hydrogens (tertiary/aromatic N) is 1. The molecule has 1 atom stereocenters. The maximum absolute atomic E-state index is 12.0. The van der Waals surface area contributed by atoms with Crippen LogP contribution >= 0.6 is 0 Å². The topological polar surface area (TPSA) is 48.0 Å². The van der Waals surface area contributed by atoms with E-state index in [1.54, 1.807) is 19.2 Å². The third-order valence-electron chi connectivity index (χ3n) is 3.96. The molecule has 1 unspecified atom stereocenters. The predicted octanol–water partition coefficient (Wildman–Crippen LogP) is 1.41. The predicted molar refractivity (Wildman–Crippen MR) is 73.0 cm³/mol. The summed E-state index contributed by atoms with van der Waals surface area (Å²) in [5, 5.41) is 0. The van der Waals surface area contributed by atoms with E-state index in [-0.39, 0.29) is 5.97 Å². The molecular weight excluding hydrogens is 258 g/mol. The molecule has 5 nitrogen and oxygen atoms in total. The van der Waals surface area contributed by atoms with E-state index >= 15 is 0 Å². The highest BCUT2D eigenvalue weighted by atomic mass is 16.6. The van der Waals surface area contributed by atoms with E-state index in [0.29, 0.717) is 12.1 Å². The molecule has 0 N–H and O–H groups in total. The molecule has 0 amide bonds. The minimum Gasteiger partial charge on any atom is -0.497 e. The average Bonchev–Trinajstić information content (AvgIpc) is 2.71. The Kier molecular flexibility index (Phi) is 3.40. The highest BCUT2D eigenvalue weighted by Gasteiger charge is 2.43. The van der Waals surface area contributed by atoms with Gasteiger partial charge in [0, 0.05) is 25.2 Å². The van der Waals surface area contributed by atoms with E-state index in [9.17, 15) is 4.79 Å². The van der Waals surface area contributed by atoms with Crippen molar-refractivity contribution in [2.45, 2.75) is 12.5 Å². The zero-order chi connectivity index (χ0) is 14.2. The Balaban J connectivity index is 1.89. The normalized spacial score (nSPS) is 26.2. The number of carbonyl (C=O) groups excluding carboxylic acids is 1. The fourth-order valence-corrected chi connectivity index (χ4v) is 2.88. The van der Waals surface area contributed by atoms with Gasteiger partial charge in [-0.25, -0.2) is 4.79 Å². The van der Waals surface area contributed by atoms with Crippen molar-refractivity contribution in [1.29, 1.82) is 0 Å². The highest BCUT2D eigenvalue weighted by Crippen LogP contribution is 2.38. The summed E-state index contributed by atoms with van der Waals surface area (Å²) in [4.78, 5) is 14.3. The molecule has 1 aromatic carbocycles. The van der Waals surface area contributed by atoms with Gasteiger partial charge in [-0.1, -0.05) is 0 Å². The Morgan fingerprint density at radius 2 is 2.10 bits per heavy atom. The number of cyclic esters (lactones) is 1. The second kappa shape index (κ2) is 5.07. The van der Waals surface area contributed by atoms with E-state index in [2.05, 4.69) is 4.90 Å². The summed E-state index contributed by atoms with van der Waals surface area (Å²) < 4.78 is 16.3. The number of methoxy groups -OCH3 is 1. The first-order valence-corrected chi connectivity index (χ1v) is 6.84. The number of morpholine rings is 1. The quantitative estimate of drug-likeness (QED) is 0.782. The van der Waals surface area contributed by atoms with Crippen LogP contribution in [0.3, 0.4) is 0 Å². The van der Waals surface area contributed by atoms with Crippen molar-refractivity contribution in [3.63, 3.8) is 0 Å². The number of carbonyl (C=O) groups is 1. The van der Waals surface area contributed by atoms with Crippen molar-refractivity contribution in [3.05, 3.63) is 29.3 Å². The van der Waals surface area contributed by atoms with Gasteiger partial charge in [0.15, 0.2) is 0 Å². The van der Waals surface area contributed by atoms with E-state index in [0.717, 1.165) is 37.6 Å². The molecule has 1 fully saturated rings. The lowest BCUT2D eigenvalue weighted by Gasteiger charge is -2.34. The van der Waals surface area contributed by atoms with Crippen LogP contribution in [0.2, 0.25) is 0 Å². The second-order valence-corrected chi connectivity index (χ2v) is 5.42. The maximum Gasteiger partial charge on any atom is 0.339 e. The lowest BCUT2D eigenvalue weighted by atomic mass is 9.93. The van der Waals surface area contributed by atoms with Gasteiger partial charge >= 0.3 is 5.97 Å². The van der Waals surface area contributed by atoms with Gasteiger partial charge in [-0.15, -0.1) is 0 Å². The fourth-order valence-electron chi connectivity index (χ4n) is 2.88. The molecule has 20 heavy (non-hydrogen) atoms. The van der Waals surface area contributed by atoms with Gasteiger partial charge < -0.3 is 14.2 Å². The highest BCUT2D eigenvalue weighted by molar-refractivity contribution is 5.95. The van der Waals surface area contributed by atoms with Crippen molar-refractivity contribution in [2.24, 2.45) is 0 Å². The van der Waals surface area contributed by atoms with E-state index in [1.165, 1.54) is 0 Å². The summed E-state index contributed by atoms with van der Waals surface area (Å²) in [7, 11) is 1.62. The van der Waals surface area contributed by atoms with Crippen LogP contribution in [-0.4, -0.2) is 50.8 Å². The van der Waals surface area contributed by atoms with Crippen LogP contribution < -0.4 is 4.74 Å². The first-order valence-electron chi connectivity index (χ1n) is 6.84. The third kappa shape index (κ3) is 2.27. The molecular formula is C15H19NO4. The van der Waals surface area contributed by atoms with Crippen molar-refractivity contribution < 1.29 is 19.0 Å². The lowest BCUT2D eigenvalue weighted by Crippen LogP contribution is -2.44. The number of rotatable bonds is 3. The number of benzene rings is 1. The number of esters is 1. The van der Waals surface area contributed by atoms with Gasteiger partial charge in [0.1, 0.15) is 11.4 Å². The van der Waals surface area contributed by atoms with Gasteiger partial charge in [0.2, 0.25) is 0 Å². The fraction of sp³-hybridized carbons (Fsp3) is 0.533. The van der Waals surface area contributed by atoms with Gasteiger partial charge in [-0.3, -0.25) is 4.90 Å². The maximum atomic E-state index is 12.0. The summed E-state index contributed by atoms with van der Waals surface area (Å²) in [6, 6.07) is 5.47. The molecule has 0 saturated carbocycles. The molecule has 0 spiro atoms. The van der Waals surface area contributed by atoms with Gasteiger partial charge in [-0.05, 0) is 25.1 Å². The largest absolute Gasteiger partial charge is 0.497 e. The van der Waals surface area contributed by atoms with Crippen molar-refractivity contribution >= 4 is 5.97 Å². The average molecular weight is 277 g/mol. The molecule has 0 aromatic heterocycles. The summed E-state index contributed by atoms with van der Waals surface area (Å²) >= 11 is 0. The number of hydrogen-bond acceptors (Lipinski definition) is 5. The Morgan fingerprint density at radius 1 is 1.35 bits per heavy atom. The van der Waals surface area contributed by atoms with Crippen LogP contribution in [0.15, 0.2) is 18.2 Å². The zero-order valence-corrected chi connectivity index (χ0v) is 11.8. The van der Waals surface area contributed by atoms with Crippen LogP contribution in [0, 0.1) is 0 Å². The molecule has 0 bridgehead atoms. The zero-order valence-electron chi connectivity index (χ0n) is 11.8. The third-order valence-corrected chi connectivity index (χ3v) is 3.96. The molecule has 0 aliphatic carbocycles. The van der Waals surface area contributed by atoms with E-state index in [1.807, 2.05) is 13.0 Å². The molecule has 5 heteroatoms. The Bertz CT molecular complexity index is 525. The molecule has 1 aromatic rings. The van der Waals surface area contributed by atoms with E-state index < -0.39 is 5.60 Å². The summed E-state index contributed by atoms with van der Waals surface area (Å²) in [6.07, 6.45) is 0. The molecule has 1 saturated heterocycles. The van der Waals surface area contributed by atoms with Crippen LogP contribution in [0.5, 0.6) is 5.75 Å². The van der Waals surface area contributed by atoms with Crippen molar-refractivity contribution in [2.75, 3.05) is 40.0 Å². The number of hydrogen-bond donors (Lipinski definition) is 0. The second-order valence-electron chi connectivity index (χ2n) is 5.42. The van der Waals surface area contributed by atoms with Crippen LogP contribution in [0.1, 0.15) is 22.8 Å². The standard InChI is InChI=1S/C15H19NO4/c1-15(10-16-5-7-19-8-6-16)13-9-11(18-2)3-4-12(13)14(17)20-15/h3-4,9H,5-8,10H2,1-2H3. The first kappa shape index (κ1) is 13.4. The van der Waals surface area contributed by atoms with Gasteiger partial charge in [-0.2, -0.15) is 0 Å². The van der Waals surface area contributed by atoms with Crippen LogP contribution in [0.25, 0.3) is 0 Å². The van der Waals surface area contributed by atoms with Crippen LogP contribution in [-0.2, 0) is 15.1 Å². The van der Waals surface area contributed by atoms with Crippen LogP contribution in [0.4, 0.5) is 0 Å². The SMILES string of the molecule is COc1ccc2c(c1)C(C)(CN1CCOCC1)OC2=O. The Labute approximate surface area is 118 Å². The molecule has 2 aliphatic rings. The number of ether oxygens (including phenoxy) is 3. The molecule has 0 radical (unpaired) electrons. The van der Waals surface area contributed by atoms with Crippen molar-refractivity contribution in [1.82, 2.24) is 4.90 Å². The first-order chi connectivity index (χ1) is 9.62.